The first kappa shape index (κ1) is 14.5. The first-order chi connectivity index (χ1) is 10.1. The van der Waals surface area contributed by atoms with Gasteiger partial charge in [-0.25, -0.2) is 8.78 Å². The van der Waals surface area contributed by atoms with Crippen LogP contribution in [-0.2, 0) is 12.8 Å². The van der Waals surface area contributed by atoms with E-state index in [0.717, 1.165) is 33.8 Å². The van der Waals surface area contributed by atoms with E-state index in [1.807, 2.05) is 12.1 Å². The predicted octanol–water partition coefficient (Wildman–Crippen LogP) is 3.90. The molecule has 1 aliphatic heterocycles. The summed E-state index contributed by atoms with van der Waals surface area (Å²) in [5.41, 5.74) is 8.27. The summed E-state index contributed by atoms with van der Waals surface area (Å²) in [6.07, 6.45) is 1.24. The fourth-order valence-electron chi connectivity index (χ4n) is 2.65. The van der Waals surface area contributed by atoms with E-state index in [9.17, 15) is 8.78 Å². The number of fused-ring (bicyclic) bond motifs is 1. The molecule has 21 heavy (non-hydrogen) atoms. The average molecular weight is 354 g/mol. The Morgan fingerprint density at radius 2 is 2.10 bits per heavy atom. The normalized spacial score (nSPS) is 14.7. The number of rotatable bonds is 3. The Hall–Kier alpha value is -1.46. The molecule has 0 fully saturated rings. The van der Waals surface area contributed by atoms with Crippen LogP contribution < -0.4 is 10.5 Å². The molecule has 3 rings (SSSR count). The summed E-state index contributed by atoms with van der Waals surface area (Å²) in [7, 11) is 0. The number of hydrogen-bond acceptors (Lipinski definition) is 2. The summed E-state index contributed by atoms with van der Waals surface area (Å²) in [5.74, 6) is -0.929. The van der Waals surface area contributed by atoms with E-state index in [0.29, 0.717) is 13.0 Å². The van der Waals surface area contributed by atoms with Crippen LogP contribution in [0.5, 0.6) is 5.75 Å². The molecule has 1 atom stereocenters. The molecule has 0 amide bonds. The molecule has 0 radical (unpaired) electrons. The second kappa shape index (κ2) is 5.73. The molecule has 0 spiro atoms. The number of nitrogens with two attached hydrogens (primary N) is 1. The molecule has 0 aliphatic carbocycles. The first-order valence-electron chi connectivity index (χ1n) is 6.70. The molecular formula is C16H14BrF2NO. The third-order valence-electron chi connectivity index (χ3n) is 3.65. The zero-order valence-corrected chi connectivity index (χ0v) is 12.8. The van der Waals surface area contributed by atoms with Crippen molar-refractivity contribution in [1.29, 1.82) is 0 Å². The van der Waals surface area contributed by atoms with Gasteiger partial charge in [-0.05, 0) is 35.7 Å². The Bertz CT molecular complexity index is 690. The minimum absolute atomic E-state index is 0.182. The molecule has 5 heteroatoms. The van der Waals surface area contributed by atoms with Crippen LogP contribution in [-0.4, -0.2) is 6.61 Å². The number of benzene rings is 2. The van der Waals surface area contributed by atoms with E-state index in [1.54, 1.807) is 0 Å². The Balaban J connectivity index is 1.92. The minimum Gasteiger partial charge on any atom is -0.493 e. The van der Waals surface area contributed by atoms with Crippen LogP contribution in [0.3, 0.4) is 0 Å². The van der Waals surface area contributed by atoms with Crippen molar-refractivity contribution in [1.82, 2.24) is 0 Å². The third kappa shape index (κ3) is 2.80. The fourth-order valence-corrected chi connectivity index (χ4v) is 3.20. The van der Waals surface area contributed by atoms with Gasteiger partial charge in [0.05, 0.1) is 6.61 Å². The van der Waals surface area contributed by atoms with E-state index in [2.05, 4.69) is 15.9 Å². The number of hydrogen-bond donors (Lipinski definition) is 1. The molecule has 2 nitrogen and oxygen atoms in total. The zero-order valence-electron chi connectivity index (χ0n) is 11.2. The summed E-state index contributed by atoms with van der Waals surface area (Å²) in [4.78, 5) is 0. The van der Waals surface area contributed by atoms with Gasteiger partial charge in [-0.2, -0.15) is 0 Å². The van der Waals surface area contributed by atoms with Crippen LogP contribution >= 0.6 is 15.9 Å². The molecule has 110 valence electrons. The smallest absolute Gasteiger partial charge is 0.163 e. The third-order valence-corrected chi connectivity index (χ3v) is 4.10. The molecule has 0 saturated carbocycles. The van der Waals surface area contributed by atoms with Crippen LogP contribution in [0, 0.1) is 11.6 Å². The van der Waals surface area contributed by atoms with Crippen molar-refractivity contribution in [3.05, 3.63) is 63.1 Å². The molecule has 1 aliphatic rings. The lowest BCUT2D eigenvalue weighted by Crippen LogP contribution is -2.16. The average Bonchev–Trinajstić information content (AvgIpc) is 2.90. The van der Waals surface area contributed by atoms with Gasteiger partial charge in [0.15, 0.2) is 11.6 Å². The van der Waals surface area contributed by atoms with Crippen molar-refractivity contribution < 1.29 is 13.5 Å². The second-order valence-corrected chi connectivity index (χ2v) is 6.02. The van der Waals surface area contributed by atoms with Gasteiger partial charge in [0.2, 0.25) is 0 Å². The molecule has 0 bridgehead atoms. The summed E-state index contributed by atoms with van der Waals surface area (Å²) in [6.45, 7) is 0.641. The van der Waals surface area contributed by atoms with Gasteiger partial charge in [-0.15, -0.1) is 0 Å². The van der Waals surface area contributed by atoms with Crippen LogP contribution in [0.1, 0.15) is 22.7 Å². The molecular weight excluding hydrogens is 340 g/mol. The van der Waals surface area contributed by atoms with Crippen molar-refractivity contribution in [3.8, 4) is 5.75 Å². The number of ether oxygens (including phenoxy) is 1. The zero-order chi connectivity index (χ0) is 15.0. The number of halogens is 3. The predicted molar refractivity (Wildman–Crippen MR) is 80.3 cm³/mol. The Labute approximate surface area is 130 Å². The van der Waals surface area contributed by atoms with Crippen LogP contribution in [0.15, 0.2) is 34.8 Å². The van der Waals surface area contributed by atoms with Gasteiger partial charge in [0.1, 0.15) is 5.75 Å². The molecule has 0 aromatic heterocycles. The van der Waals surface area contributed by atoms with E-state index < -0.39 is 17.7 Å². The van der Waals surface area contributed by atoms with E-state index in [-0.39, 0.29) is 5.56 Å². The highest BCUT2D eigenvalue weighted by Crippen LogP contribution is 2.35. The highest BCUT2D eigenvalue weighted by atomic mass is 79.9. The van der Waals surface area contributed by atoms with E-state index in [1.165, 1.54) is 12.1 Å². The van der Waals surface area contributed by atoms with Crippen molar-refractivity contribution >= 4 is 15.9 Å². The lowest BCUT2D eigenvalue weighted by molar-refractivity contribution is 0.352. The maximum atomic E-state index is 13.8. The fraction of sp³-hybridized carbons (Fsp3) is 0.250. The van der Waals surface area contributed by atoms with Gasteiger partial charge in [0, 0.05) is 22.5 Å². The summed E-state index contributed by atoms with van der Waals surface area (Å²) < 4.78 is 33.7. The van der Waals surface area contributed by atoms with Gasteiger partial charge in [-0.1, -0.05) is 28.1 Å². The first-order valence-corrected chi connectivity index (χ1v) is 7.49. The molecule has 0 saturated heterocycles. The topological polar surface area (TPSA) is 35.2 Å². The van der Waals surface area contributed by atoms with E-state index in [4.69, 9.17) is 10.5 Å². The van der Waals surface area contributed by atoms with Gasteiger partial charge in [-0.3, -0.25) is 0 Å². The maximum absolute atomic E-state index is 13.8. The standard InChI is InChI=1S/C16H14BrF2NO/c17-11-6-9-4-5-21-16(9)10(7-11)8-14(20)12-2-1-3-13(18)15(12)19/h1-3,6-7,14H,4-5,8,20H2. The Morgan fingerprint density at radius 1 is 1.29 bits per heavy atom. The van der Waals surface area contributed by atoms with Crippen molar-refractivity contribution in [3.63, 3.8) is 0 Å². The quantitative estimate of drug-likeness (QED) is 0.907. The lowest BCUT2D eigenvalue weighted by atomic mass is 9.97. The largest absolute Gasteiger partial charge is 0.493 e. The van der Waals surface area contributed by atoms with Crippen LogP contribution in [0.2, 0.25) is 0 Å². The second-order valence-electron chi connectivity index (χ2n) is 5.11. The highest BCUT2D eigenvalue weighted by Gasteiger charge is 2.21. The monoisotopic (exact) mass is 353 g/mol. The molecule has 1 unspecified atom stereocenters. The minimum atomic E-state index is -0.877. The van der Waals surface area contributed by atoms with Gasteiger partial charge < -0.3 is 10.5 Å². The van der Waals surface area contributed by atoms with Crippen LogP contribution in [0.4, 0.5) is 8.78 Å². The molecule has 2 N–H and O–H groups in total. The maximum Gasteiger partial charge on any atom is 0.163 e. The van der Waals surface area contributed by atoms with Crippen molar-refractivity contribution in [2.45, 2.75) is 18.9 Å². The van der Waals surface area contributed by atoms with Gasteiger partial charge in [0.25, 0.3) is 0 Å². The van der Waals surface area contributed by atoms with Crippen molar-refractivity contribution in [2.24, 2.45) is 5.73 Å². The summed E-state index contributed by atoms with van der Waals surface area (Å²) in [6, 6.07) is 7.38. The Kier molecular flexibility index (Phi) is 3.95. The lowest BCUT2D eigenvalue weighted by Gasteiger charge is -2.16. The summed E-state index contributed by atoms with van der Waals surface area (Å²) in [5, 5.41) is 0. The molecule has 1 heterocycles. The Morgan fingerprint density at radius 3 is 2.90 bits per heavy atom. The van der Waals surface area contributed by atoms with Crippen molar-refractivity contribution in [2.75, 3.05) is 6.61 Å². The SMILES string of the molecule is NC(Cc1cc(Br)cc2c1OCC2)c1cccc(F)c1F. The summed E-state index contributed by atoms with van der Waals surface area (Å²) >= 11 is 3.46. The van der Waals surface area contributed by atoms with E-state index >= 15 is 0 Å². The van der Waals surface area contributed by atoms with Gasteiger partial charge >= 0.3 is 0 Å². The van der Waals surface area contributed by atoms with Crippen LogP contribution in [0.25, 0.3) is 0 Å². The highest BCUT2D eigenvalue weighted by molar-refractivity contribution is 9.10. The molecule has 2 aromatic rings. The molecule has 2 aromatic carbocycles.